The van der Waals surface area contributed by atoms with E-state index in [2.05, 4.69) is 0 Å². The van der Waals surface area contributed by atoms with Crippen LogP contribution in [0.5, 0.6) is 0 Å². The minimum Gasteiger partial charge on any atom is -0.466 e. The minimum absolute atomic E-state index is 0.102. The quantitative estimate of drug-likeness (QED) is 0.758. The number of nitrogens with two attached hydrogens (primary N) is 1. The van der Waals surface area contributed by atoms with E-state index in [9.17, 15) is 18.0 Å². The Kier molecular flexibility index (Phi) is 6.80. The molecule has 0 aliphatic rings. The maximum Gasteiger partial charge on any atom is 0.416 e. The van der Waals surface area contributed by atoms with Crippen molar-refractivity contribution in [3.63, 3.8) is 0 Å². The predicted molar refractivity (Wildman–Crippen MR) is 92.2 cm³/mol. The van der Waals surface area contributed by atoms with Gasteiger partial charge in [0.05, 0.1) is 12.2 Å². The molecule has 0 unspecified atom stereocenters. The van der Waals surface area contributed by atoms with Crippen molar-refractivity contribution in [3.05, 3.63) is 70.8 Å². The third-order valence-electron chi connectivity index (χ3n) is 4.14. The topological polar surface area (TPSA) is 42.9 Å². The molecule has 0 aromatic heterocycles. The van der Waals surface area contributed by atoms with Crippen LogP contribution in [0.2, 0.25) is 0 Å². The summed E-state index contributed by atoms with van der Waals surface area (Å²) in [7, 11) is 0. The molecule has 6 heteroatoms. The van der Waals surface area contributed by atoms with Gasteiger partial charge in [0.15, 0.2) is 0 Å². The number of carbonyl (C=O) groups excluding carboxylic acids is 1. The molecule has 2 rings (SSSR count). The first kappa shape index (κ1) is 20.0. The van der Waals surface area contributed by atoms with Gasteiger partial charge in [0.25, 0.3) is 0 Å². The number of hydrogen-bond acceptors (Lipinski definition) is 2. The van der Waals surface area contributed by atoms with Gasteiger partial charge in [0, 0.05) is 11.1 Å². The molecule has 0 heterocycles. The lowest BCUT2D eigenvalue weighted by atomic mass is 10.0. The Labute approximate surface area is 151 Å². The standard InChI is InChI=1S/C20H22F3NO2/c1-3-26-19(25)12-18(15-10-8-14(2)9-11-15)24-13-16-6-4-5-7-17(16)20(21,22)23/h4-11,18,24H,3,12-13H2,1-2H3/p+1/t18-/m1/s1. The normalized spacial score (nSPS) is 12.7. The van der Waals surface area contributed by atoms with E-state index >= 15 is 0 Å². The van der Waals surface area contributed by atoms with Crippen LogP contribution in [-0.2, 0) is 22.3 Å². The average molecular weight is 366 g/mol. The highest BCUT2D eigenvalue weighted by molar-refractivity contribution is 5.70. The molecule has 0 radical (unpaired) electrons. The van der Waals surface area contributed by atoms with E-state index in [1.807, 2.05) is 31.2 Å². The Morgan fingerprint density at radius 1 is 1.12 bits per heavy atom. The number of quaternary nitrogens is 1. The van der Waals surface area contributed by atoms with Crippen molar-refractivity contribution >= 4 is 5.97 Å². The number of ether oxygens (including phenoxy) is 1. The van der Waals surface area contributed by atoms with Crippen molar-refractivity contribution in [2.45, 2.75) is 39.0 Å². The summed E-state index contributed by atoms with van der Waals surface area (Å²) >= 11 is 0. The van der Waals surface area contributed by atoms with Crippen molar-refractivity contribution in [3.8, 4) is 0 Å². The molecule has 0 bridgehead atoms. The summed E-state index contributed by atoms with van der Waals surface area (Å²) in [4.78, 5) is 11.9. The van der Waals surface area contributed by atoms with E-state index in [1.54, 1.807) is 18.3 Å². The summed E-state index contributed by atoms with van der Waals surface area (Å²) in [5, 5.41) is 1.76. The average Bonchev–Trinajstić information content (AvgIpc) is 2.59. The molecule has 1 atom stereocenters. The number of hydrogen-bond donors (Lipinski definition) is 1. The zero-order valence-corrected chi connectivity index (χ0v) is 14.8. The van der Waals surface area contributed by atoms with Crippen LogP contribution in [0.3, 0.4) is 0 Å². The first-order valence-corrected chi connectivity index (χ1v) is 8.52. The first-order chi connectivity index (χ1) is 12.3. The Hall–Kier alpha value is -2.34. The summed E-state index contributed by atoms with van der Waals surface area (Å²) in [6.45, 7) is 4.07. The van der Waals surface area contributed by atoms with Crippen molar-refractivity contribution in [1.82, 2.24) is 0 Å². The van der Waals surface area contributed by atoms with Crippen molar-refractivity contribution in [1.29, 1.82) is 0 Å². The van der Waals surface area contributed by atoms with E-state index in [-0.39, 0.29) is 37.1 Å². The number of halogens is 3. The maximum atomic E-state index is 13.2. The number of rotatable bonds is 7. The number of benzene rings is 2. The molecule has 26 heavy (non-hydrogen) atoms. The van der Waals surface area contributed by atoms with Crippen LogP contribution in [0, 0.1) is 6.92 Å². The lowest BCUT2D eigenvalue weighted by Gasteiger charge is -2.18. The molecule has 0 aliphatic carbocycles. The summed E-state index contributed by atoms with van der Waals surface area (Å²) in [6.07, 6.45) is -4.30. The van der Waals surface area contributed by atoms with E-state index in [4.69, 9.17) is 4.74 Å². The van der Waals surface area contributed by atoms with Crippen LogP contribution < -0.4 is 5.32 Å². The largest absolute Gasteiger partial charge is 0.466 e. The van der Waals surface area contributed by atoms with Gasteiger partial charge in [0.1, 0.15) is 19.0 Å². The Balaban J connectivity index is 2.19. The molecule has 0 amide bonds. The van der Waals surface area contributed by atoms with Gasteiger partial charge in [0.2, 0.25) is 0 Å². The van der Waals surface area contributed by atoms with Crippen molar-refractivity contribution in [2.75, 3.05) is 6.61 Å². The second-order valence-corrected chi connectivity index (χ2v) is 6.12. The molecule has 2 aromatic carbocycles. The molecule has 0 aliphatic heterocycles. The monoisotopic (exact) mass is 366 g/mol. The van der Waals surface area contributed by atoms with Crippen molar-refractivity contribution in [2.24, 2.45) is 0 Å². The van der Waals surface area contributed by atoms with E-state index in [0.717, 1.165) is 17.2 Å². The van der Waals surface area contributed by atoms with Crippen LogP contribution in [0.15, 0.2) is 48.5 Å². The summed E-state index contributed by atoms with van der Waals surface area (Å²) in [6, 6.07) is 12.8. The molecule has 0 fully saturated rings. The molecule has 0 saturated carbocycles. The fourth-order valence-corrected chi connectivity index (χ4v) is 2.79. The molecule has 0 saturated heterocycles. The number of esters is 1. The van der Waals surface area contributed by atoms with Crippen LogP contribution in [-0.4, -0.2) is 12.6 Å². The maximum absolute atomic E-state index is 13.2. The molecule has 0 spiro atoms. The summed E-state index contributed by atoms with van der Waals surface area (Å²) < 4.78 is 44.5. The Morgan fingerprint density at radius 2 is 1.77 bits per heavy atom. The highest BCUT2D eigenvalue weighted by Gasteiger charge is 2.33. The van der Waals surface area contributed by atoms with Gasteiger partial charge in [-0.1, -0.05) is 48.0 Å². The van der Waals surface area contributed by atoms with Gasteiger partial charge < -0.3 is 10.1 Å². The Bertz CT molecular complexity index is 727. The lowest BCUT2D eigenvalue weighted by molar-refractivity contribution is -0.710. The van der Waals surface area contributed by atoms with Gasteiger partial charge in [-0.3, -0.25) is 4.79 Å². The fraction of sp³-hybridized carbons (Fsp3) is 0.350. The molecule has 2 aromatic rings. The molecule has 2 N–H and O–H groups in total. The summed E-state index contributed by atoms with van der Waals surface area (Å²) in [5.74, 6) is -0.363. The molecular weight excluding hydrogens is 343 g/mol. The smallest absolute Gasteiger partial charge is 0.416 e. The van der Waals surface area contributed by atoms with Gasteiger partial charge in [-0.2, -0.15) is 13.2 Å². The zero-order chi connectivity index (χ0) is 19.2. The number of carbonyl (C=O) groups is 1. The highest BCUT2D eigenvalue weighted by Crippen LogP contribution is 2.31. The third-order valence-corrected chi connectivity index (χ3v) is 4.14. The van der Waals surface area contributed by atoms with Gasteiger partial charge >= 0.3 is 12.1 Å². The van der Waals surface area contributed by atoms with Gasteiger partial charge in [-0.05, 0) is 19.9 Å². The molecular formula is C20H23F3NO2+. The Morgan fingerprint density at radius 3 is 2.38 bits per heavy atom. The minimum atomic E-state index is -4.40. The van der Waals surface area contributed by atoms with E-state index in [1.165, 1.54) is 12.1 Å². The van der Waals surface area contributed by atoms with Crippen molar-refractivity contribution < 1.29 is 28.0 Å². The van der Waals surface area contributed by atoms with E-state index < -0.39 is 11.7 Å². The first-order valence-electron chi connectivity index (χ1n) is 8.52. The SMILES string of the molecule is CCOC(=O)C[C@@H]([NH2+]Cc1ccccc1C(F)(F)F)c1ccc(C)cc1. The second kappa shape index (κ2) is 8.85. The zero-order valence-electron chi connectivity index (χ0n) is 14.8. The number of alkyl halides is 3. The van der Waals surface area contributed by atoms with Gasteiger partial charge in [-0.25, -0.2) is 0 Å². The van der Waals surface area contributed by atoms with E-state index in [0.29, 0.717) is 0 Å². The summed E-state index contributed by atoms with van der Waals surface area (Å²) in [5.41, 5.74) is 1.51. The second-order valence-electron chi connectivity index (χ2n) is 6.12. The van der Waals surface area contributed by atoms with Crippen LogP contribution in [0.25, 0.3) is 0 Å². The highest BCUT2D eigenvalue weighted by atomic mass is 19.4. The molecule has 140 valence electrons. The lowest BCUT2D eigenvalue weighted by Crippen LogP contribution is -2.84. The fourth-order valence-electron chi connectivity index (χ4n) is 2.79. The van der Waals surface area contributed by atoms with Gasteiger partial charge in [-0.15, -0.1) is 0 Å². The van der Waals surface area contributed by atoms with Crippen LogP contribution >= 0.6 is 0 Å². The number of aryl methyl sites for hydroxylation is 1. The van der Waals surface area contributed by atoms with Crippen LogP contribution in [0.1, 0.15) is 41.6 Å². The predicted octanol–water partition coefficient (Wildman–Crippen LogP) is 3.77. The molecule has 3 nitrogen and oxygen atoms in total. The third kappa shape index (κ3) is 5.59. The van der Waals surface area contributed by atoms with Crippen LogP contribution in [0.4, 0.5) is 13.2 Å².